The van der Waals surface area contributed by atoms with Crippen LogP contribution in [0.2, 0.25) is 0 Å². The number of hydrogen-bond donors (Lipinski definition) is 1. The van der Waals surface area contributed by atoms with Crippen LogP contribution in [0.4, 0.5) is 13.2 Å². The third-order valence-corrected chi connectivity index (χ3v) is 6.96. The lowest BCUT2D eigenvalue weighted by atomic mass is 10.1. The number of oxazole rings is 1. The van der Waals surface area contributed by atoms with Crippen molar-refractivity contribution in [1.29, 1.82) is 0 Å². The van der Waals surface area contributed by atoms with Crippen molar-refractivity contribution in [3.8, 4) is 17.2 Å². The van der Waals surface area contributed by atoms with Crippen molar-refractivity contribution in [3.05, 3.63) is 58.0 Å². The van der Waals surface area contributed by atoms with Crippen LogP contribution >= 0.6 is 11.3 Å². The first-order chi connectivity index (χ1) is 17.2. The van der Waals surface area contributed by atoms with Gasteiger partial charge in [-0.1, -0.05) is 0 Å². The van der Waals surface area contributed by atoms with Gasteiger partial charge in [-0.25, -0.2) is 15.0 Å². The van der Waals surface area contributed by atoms with Crippen LogP contribution in [-0.4, -0.2) is 39.4 Å². The molecule has 36 heavy (non-hydrogen) atoms. The summed E-state index contributed by atoms with van der Waals surface area (Å²) in [6.07, 6.45) is -1.31. The van der Waals surface area contributed by atoms with Gasteiger partial charge in [0.1, 0.15) is 22.0 Å². The minimum Gasteiger partial charge on any atom is -0.494 e. The first kappa shape index (κ1) is 24.2. The van der Waals surface area contributed by atoms with Crippen LogP contribution in [0.5, 0.6) is 5.75 Å². The van der Waals surface area contributed by atoms with Crippen LogP contribution in [0.3, 0.4) is 0 Å². The average molecular weight is 518 g/mol. The second-order valence-corrected chi connectivity index (χ2v) is 9.38. The van der Waals surface area contributed by atoms with Crippen molar-refractivity contribution in [2.45, 2.75) is 38.0 Å². The lowest BCUT2D eigenvalue weighted by Crippen LogP contribution is -2.32. The number of carbonyl (C=O) groups excluding carboxylic acids is 1. The number of benzene rings is 1. The molecule has 4 heterocycles. The van der Waals surface area contributed by atoms with Gasteiger partial charge in [0.15, 0.2) is 11.5 Å². The van der Waals surface area contributed by atoms with E-state index in [2.05, 4.69) is 15.0 Å². The molecule has 3 aromatic heterocycles. The maximum absolute atomic E-state index is 13.6. The summed E-state index contributed by atoms with van der Waals surface area (Å²) in [5, 5.41) is 3.05. The number of alkyl halides is 3. The lowest BCUT2D eigenvalue weighted by molar-refractivity contribution is -0.140. The Balaban J connectivity index is 1.60. The molecular formula is C24H22F3N5O3S. The van der Waals surface area contributed by atoms with E-state index >= 15 is 0 Å². The Labute approximate surface area is 207 Å². The predicted octanol–water partition coefficient (Wildman–Crippen LogP) is 5.37. The smallest absolute Gasteiger partial charge is 0.433 e. The summed E-state index contributed by atoms with van der Waals surface area (Å²) in [5.74, 6) is 0.0947. The van der Waals surface area contributed by atoms with E-state index in [9.17, 15) is 18.0 Å². The lowest BCUT2D eigenvalue weighted by Gasteiger charge is -2.22. The Morgan fingerprint density at radius 2 is 2.08 bits per heavy atom. The van der Waals surface area contributed by atoms with Crippen molar-refractivity contribution in [1.82, 2.24) is 19.9 Å². The third-order valence-electron chi connectivity index (χ3n) is 6.08. The first-order valence-corrected chi connectivity index (χ1v) is 12.1. The molecule has 0 radical (unpaired) electrons. The predicted molar refractivity (Wildman–Crippen MR) is 127 cm³/mol. The fraction of sp³-hybridized carbons (Fsp3) is 0.333. The summed E-state index contributed by atoms with van der Waals surface area (Å²) in [4.78, 5) is 28.0. The summed E-state index contributed by atoms with van der Waals surface area (Å²) in [7, 11) is 1.35. The Hall–Kier alpha value is -3.51. The highest BCUT2D eigenvalue weighted by atomic mass is 32.1. The Morgan fingerprint density at radius 1 is 1.28 bits per heavy atom. The van der Waals surface area contributed by atoms with Crippen molar-refractivity contribution in [2.24, 2.45) is 5.73 Å². The number of carbonyl (C=O) groups is 1. The Kier molecular flexibility index (Phi) is 6.17. The molecule has 1 saturated heterocycles. The standard InChI is InChI=1S/C24H22F3N5O3S/c1-12(28)20-19(23(33)32-10-3-4-15(32)22-29-9-11-36-22)31-21(35-20)14-5-7-16(34-2)18-13(14)6-8-17(30-18)24(25,26)27/h5-9,11-12,15H,3-4,10,28H2,1-2H3/t12-,15?/m0/s1. The maximum atomic E-state index is 13.6. The van der Waals surface area contributed by atoms with Crippen LogP contribution in [0.1, 0.15) is 58.8 Å². The van der Waals surface area contributed by atoms with E-state index in [0.717, 1.165) is 23.9 Å². The van der Waals surface area contributed by atoms with Gasteiger partial charge in [0.05, 0.1) is 19.2 Å². The van der Waals surface area contributed by atoms with E-state index in [1.807, 2.05) is 5.38 Å². The van der Waals surface area contributed by atoms with E-state index in [-0.39, 0.29) is 40.6 Å². The van der Waals surface area contributed by atoms with Gasteiger partial charge in [-0.2, -0.15) is 13.2 Å². The zero-order valence-corrected chi connectivity index (χ0v) is 20.2. The number of thiazole rings is 1. The monoisotopic (exact) mass is 517 g/mol. The van der Waals surface area contributed by atoms with Crippen LogP contribution in [-0.2, 0) is 6.18 Å². The molecule has 0 spiro atoms. The second-order valence-electron chi connectivity index (χ2n) is 8.45. The number of methoxy groups -OCH3 is 1. The van der Waals surface area contributed by atoms with E-state index in [0.29, 0.717) is 17.5 Å². The molecule has 0 saturated carbocycles. The summed E-state index contributed by atoms with van der Waals surface area (Å²) < 4.78 is 51.1. The number of likely N-dealkylation sites (tertiary alicyclic amines) is 1. The van der Waals surface area contributed by atoms with Crippen LogP contribution in [0.25, 0.3) is 22.4 Å². The zero-order chi connectivity index (χ0) is 25.6. The maximum Gasteiger partial charge on any atom is 0.433 e. The van der Waals surface area contributed by atoms with Gasteiger partial charge in [-0.3, -0.25) is 4.79 Å². The quantitative estimate of drug-likeness (QED) is 0.379. The minimum atomic E-state index is -4.62. The average Bonchev–Trinajstić information content (AvgIpc) is 3.62. The molecule has 1 unspecified atom stereocenters. The molecule has 1 fully saturated rings. The highest BCUT2D eigenvalue weighted by Crippen LogP contribution is 2.39. The number of halogens is 3. The van der Waals surface area contributed by atoms with E-state index in [4.69, 9.17) is 14.9 Å². The van der Waals surface area contributed by atoms with E-state index < -0.39 is 17.9 Å². The number of ether oxygens (including phenoxy) is 1. The van der Waals surface area contributed by atoms with Gasteiger partial charge in [0.25, 0.3) is 5.91 Å². The highest BCUT2D eigenvalue weighted by molar-refractivity contribution is 7.09. The van der Waals surface area contributed by atoms with Crippen molar-refractivity contribution < 1.29 is 27.1 Å². The third kappa shape index (κ3) is 4.20. The van der Waals surface area contributed by atoms with Gasteiger partial charge in [-0.05, 0) is 44.0 Å². The van der Waals surface area contributed by atoms with E-state index in [1.165, 1.54) is 30.6 Å². The SMILES string of the molecule is COc1ccc(-c2nc(C(=O)N3CCCC3c3nccs3)c([C@H](C)N)o2)c2ccc(C(F)(F)F)nc12. The number of rotatable bonds is 5. The number of amides is 1. The van der Waals surface area contributed by atoms with Gasteiger partial charge in [-0.15, -0.1) is 11.3 Å². The van der Waals surface area contributed by atoms with Crippen molar-refractivity contribution in [3.63, 3.8) is 0 Å². The number of fused-ring (bicyclic) bond motifs is 1. The van der Waals surface area contributed by atoms with Crippen molar-refractivity contribution >= 4 is 28.1 Å². The molecule has 2 N–H and O–H groups in total. The zero-order valence-electron chi connectivity index (χ0n) is 19.4. The summed E-state index contributed by atoms with van der Waals surface area (Å²) >= 11 is 1.48. The van der Waals surface area contributed by atoms with Gasteiger partial charge < -0.3 is 19.8 Å². The second kappa shape index (κ2) is 9.17. The molecule has 5 rings (SSSR count). The highest BCUT2D eigenvalue weighted by Gasteiger charge is 2.36. The fourth-order valence-corrected chi connectivity index (χ4v) is 5.20. The number of pyridine rings is 1. The van der Waals surface area contributed by atoms with Crippen LogP contribution in [0.15, 0.2) is 40.3 Å². The largest absolute Gasteiger partial charge is 0.494 e. The molecule has 0 bridgehead atoms. The Bertz CT molecular complexity index is 1420. The molecule has 0 aliphatic carbocycles. The molecule has 4 aromatic rings. The molecular weight excluding hydrogens is 495 g/mol. The first-order valence-electron chi connectivity index (χ1n) is 11.2. The summed E-state index contributed by atoms with van der Waals surface area (Å²) in [6, 6.07) is 4.46. The van der Waals surface area contributed by atoms with E-state index in [1.54, 1.807) is 24.1 Å². The molecule has 1 aliphatic rings. The Morgan fingerprint density at radius 3 is 2.75 bits per heavy atom. The molecule has 1 amide bonds. The van der Waals surface area contributed by atoms with Gasteiger partial charge in [0.2, 0.25) is 5.89 Å². The number of aromatic nitrogens is 3. The van der Waals surface area contributed by atoms with Crippen molar-refractivity contribution in [2.75, 3.05) is 13.7 Å². The van der Waals surface area contributed by atoms with Gasteiger partial charge >= 0.3 is 6.18 Å². The molecule has 188 valence electrons. The summed E-state index contributed by atoms with van der Waals surface area (Å²) in [5.41, 5.74) is 5.52. The number of nitrogens with two attached hydrogens (primary N) is 1. The number of hydrogen-bond acceptors (Lipinski definition) is 8. The molecule has 2 atom stereocenters. The molecule has 1 aromatic carbocycles. The van der Waals surface area contributed by atoms with Crippen LogP contribution in [0, 0.1) is 0 Å². The molecule has 8 nitrogen and oxygen atoms in total. The molecule has 1 aliphatic heterocycles. The fourth-order valence-electron chi connectivity index (χ4n) is 4.41. The normalized spacial score (nSPS) is 17.1. The van der Waals surface area contributed by atoms with Gasteiger partial charge in [0, 0.05) is 29.1 Å². The number of nitrogens with zero attached hydrogens (tertiary/aromatic N) is 4. The summed E-state index contributed by atoms with van der Waals surface area (Å²) in [6.45, 7) is 2.21. The topological polar surface area (TPSA) is 107 Å². The minimum absolute atomic E-state index is 0.00150. The molecule has 12 heteroatoms. The van der Waals surface area contributed by atoms with Crippen LogP contribution < -0.4 is 10.5 Å².